The molecule has 0 aromatic heterocycles. The lowest BCUT2D eigenvalue weighted by molar-refractivity contribution is -0.384. The number of carbonyl (C=O) groups is 1. The average molecular weight is 319 g/mol. The van der Waals surface area contributed by atoms with Crippen molar-refractivity contribution in [3.05, 3.63) is 74.8 Å². The Kier molecular flexibility index (Phi) is 5.12. The van der Waals surface area contributed by atoms with E-state index < -0.39 is 10.8 Å². The highest BCUT2D eigenvalue weighted by molar-refractivity contribution is 6.31. The Hall–Kier alpha value is -2.40. The van der Waals surface area contributed by atoms with Crippen LogP contribution in [0.15, 0.2) is 48.5 Å². The van der Waals surface area contributed by atoms with Crippen LogP contribution in [-0.2, 0) is 11.3 Å². The fourth-order valence-corrected chi connectivity index (χ4v) is 2.22. The molecule has 2 aromatic carbocycles. The van der Waals surface area contributed by atoms with E-state index in [0.717, 1.165) is 11.1 Å². The number of non-ortho nitro benzene ring substituents is 1. The van der Waals surface area contributed by atoms with Gasteiger partial charge in [0.1, 0.15) is 0 Å². The van der Waals surface area contributed by atoms with Crippen LogP contribution in [0, 0.1) is 10.1 Å². The monoisotopic (exact) mass is 318 g/mol. The van der Waals surface area contributed by atoms with Crippen LogP contribution in [-0.4, -0.2) is 10.8 Å². The van der Waals surface area contributed by atoms with Gasteiger partial charge in [-0.05, 0) is 24.1 Å². The van der Waals surface area contributed by atoms with Gasteiger partial charge in [0.2, 0.25) is 5.91 Å². The number of nitrogens with one attached hydrogen (secondary N) is 1. The van der Waals surface area contributed by atoms with Crippen molar-refractivity contribution in [2.24, 2.45) is 0 Å². The number of halogens is 1. The van der Waals surface area contributed by atoms with Gasteiger partial charge in [-0.15, -0.1) is 0 Å². The molecule has 1 amide bonds. The van der Waals surface area contributed by atoms with Gasteiger partial charge < -0.3 is 5.32 Å². The molecule has 0 aliphatic carbocycles. The lowest BCUT2D eigenvalue weighted by Gasteiger charge is -2.13. The summed E-state index contributed by atoms with van der Waals surface area (Å²) in [6.45, 7) is 2.10. The van der Waals surface area contributed by atoms with Gasteiger partial charge in [-0.1, -0.05) is 41.9 Å². The Morgan fingerprint density at radius 3 is 2.45 bits per heavy atom. The Bertz CT molecular complexity index is 686. The SMILES string of the molecule is C[C@@H](C(=O)NCc1ccccc1Cl)c1ccc([N+](=O)[O-])cc1. The molecule has 114 valence electrons. The number of nitrogens with zero attached hydrogens (tertiary/aromatic N) is 1. The summed E-state index contributed by atoms with van der Waals surface area (Å²) in [6.07, 6.45) is 0. The van der Waals surface area contributed by atoms with Crippen LogP contribution in [0.4, 0.5) is 5.69 Å². The van der Waals surface area contributed by atoms with Crippen molar-refractivity contribution in [2.75, 3.05) is 0 Å². The van der Waals surface area contributed by atoms with E-state index in [4.69, 9.17) is 11.6 Å². The molecule has 0 spiro atoms. The van der Waals surface area contributed by atoms with Crippen LogP contribution >= 0.6 is 11.6 Å². The van der Waals surface area contributed by atoms with E-state index in [9.17, 15) is 14.9 Å². The van der Waals surface area contributed by atoms with E-state index in [1.807, 2.05) is 18.2 Å². The van der Waals surface area contributed by atoms with Crippen LogP contribution in [0.5, 0.6) is 0 Å². The van der Waals surface area contributed by atoms with Crippen molar-refractivity contribution in [2.45, 2.75) is 19.4 Å². The standard InChI is InChI=1S/C16H15ClN2O3/c1-11(12-6-8-14(9-7-12)19(21)22)16(20)18-10-13-4-2-3-5-15(13)17/h2-9,11H,10H2,1H3,(H,18,20)/t11-/m1/s1. The molecule has 0 unspecified atom stereocenters. The molecular formula is C16H15ClN2O3. The molecule has 2 aromatic rings. The summed E-state index contributed by atoms with van der Waals surface area (Å²) in [4.78, 5) is 22.3. The van der Waals surface area contributed by atoms with Crippen molar-refractivity contribution in [3.8, 4) is 0 Å². The summed E-state index contributed by atoms with van der Waals surface area (Å²) in [5.74, 6) is -0.558. The first kappa shape index (κ1) is 16.0. The minimum Gasteiger partial charge on any atom is -0.351 e. The van der Waals surface area contributed by atoms with Gasteiger partial charge in [-0.25, -0.2) is 0 Å². The van der Waals surface area contributed by atoms with Crippen LogP contribution < -0.4 is 5.32 Å². The predicted molar refractivity (Wildman–Crippen MR) is 84.8 cm³/mol. The first-order valence-corrected chi connectivity index (χ1v) is 7.12. The maximum Gasteiger partial charge on any atom is 0.269 e. The summed E-state index contributed by atoms with van der Waals surface area (Å²) < 4.78 is 0. The molecule has 0 aliphatic heterocycles. The molecule has 1 atom stereocenters. The van der Waals surface area contributed by atoms with Gasteiger partial charge in [0.15, 0.2) is 0 Å². The zero-order chi connectivity index (χ0) is 16.1. The van der Waals surface area contributed by atoms with Crippen LogP contribution in [0.1, 0.15) is 24.0 Å². The first-order valence-electron chi connectivity index (χ1n) is 6.74. The third-order valence-electron chi connectivity index (χ3n) is 3.41. The third kappa shape index (κ3) is 3.83. The molecule has 0 fully saturated rings. The fourth-order valence-electron chi connectivity index (χ4n) is 2.01. The molecule has 1 N–H and O–H groups in total. The van der Waals surface area contributed by atoms with Crippen molar-refractivity contribution < 1.29 is 9.72 Å². The third-order valence-corrected chi connectivity index (χ3v) is 3.78. The van der Waals surface area contributed by atoms with Crippen LogP contribution in [0.3, 0.4) is 0 Å². The molecule has 0 radical (unpaired) electrons. The number of nitro benzene ring substituents is 1. The van der Waals surface area contributed by atoms with Crippen molar-refractivity contribution >= 4 is 23.2 Å². The Morgan fingerprint density at radius 1 is 1.23 bits per heavy atom. The number of benzene rings is 2. The number of rotatable bonds is 5. The lowest BCUT2D eigenvalue weighted by Crippen LogP contribution is -2.27. The fraction of sp³-hybridized carbons (Fsp3) is 0.188. The second-order valence-electron chi connectivity index (χ2n) is 4.88. The molecule has 0 aliphatic rings. The number of carbonyl (C=O) groups excluding carboxylic acids is 1. The second-order valence-corrected chi connectivity index (χ2v) is 5.29. The van der Waals surface area contributed by atoms with Crippen LogP contribution in [0.25, 0.3) is 0 Å². The largest absolute Gasteiger partial charge is 0.351 e. The minimum atomic E-state index is -0.466. The maximum absolute atomic E-state index is 12.2. The van der Waals surface area contributed by atoms with Gasteiger partial charge in [-0.3, -0.25) is 14.9 Å². The summed E-state index contributed by atoms with van der Waals surface area (Å²) >= 11 is 6.04. The summed E-state index contributed by atoms with van der Waals surface area (Å²) in [6, 6.07) is 13.3. The minimum absolute atomic E-state index is 0.00688. The van der Waals surface area contributed by atoms with E-state index in [2.05, 4.69) is 5.32 Å². The molecule has 2 rings (SSSR count). The highest BCUT2D eigenvalue weighted by Crippen LogP contribution is 2.20. The van der Waals surface area contributed by atoms with Crippen LogP contribution in [0.2, 0.25) is 5.02 Å². The van der Waals surface area contributed by atoms with Gasteiger partial charge in [0.25, 0.3) is 5.69 Å². The van der Waals surface area contributed by atoms with Crippen molar-refractivity contribution in [3.63, 3.8) is 0 Å². The maximum atomic E-state index is 12.2. The van der Waals surface area contributed by atoms with Gasteiger partial charge >= 0.3 is 0 Å². The number of nitro groups is 1. The smallest absolute Gasteiger partial charge is 0.269 e. The zero-order valence-electron chi connectivity index (χ0n) is 12.0. The molecule has 6 heteroatoms. The van der Waals surface area contributed by atoms with Gasteiger partial charge in [0, 0.05) is 23.7 Å². The lowest BCUT2D eigenvalue weighted by atomic mass is 10.00. The first-order chi connectivity index (χ1) is 10.5. The predicted octanol–water partition coefficient (Wildman–Crippen LogP) is 3.67. The topological polar surface area (TPSA) is 72.2 Å². The molecule has 22 heavy (non-hydrogen) atoms. The summed E-state index contributed by atoms with van der Waals surface area (Å²) in [5, 5.41) is 14.0. The molecular weight excluding hydrogens is 304 g/mol. The van der Waals surface area contributed by atoms with Crippen molar-refractivity contribution in [1.82, 2.24) is 5.32 Å². The molecule has 0 bridgehead atoms. The number of amides is 1. The Balaban J connectivity index is 2.00. The molecule has 0 heterocycles. The van der Waals surface area contributed by atoms with E-state index in [0.29, 0.717) is 11.6 Å². The quantitative estimate of drug-likeness (QED) is 0.675. The Morgan fingerprint density at radius 2 is 1.86 bits per heavy atom. The normalized spacial score (nSPS) is 11.7. The average Bonchev–Trinajstić information content (AvgIpc) is 2.53. The number of hydrogen-bond acceptors (Lipinski definition) is 3. The van der Waals surface area contributed by atoms with E-state index in [1.165, 1.54) is 12.1 Å². The molecule has 0 saturated carbocycles. The molecule has 0 saturated heterocycles. The summed E-state index contributed by atoms with van der Waals surface area (Å²) in [7, 11) is 0. The molecule has 5 nitrogen and oxygen atoms in total. The zero-order valence-corrected chi connectivity index (χ0v) is 12.7. The highest BCUT2D eigenvalue weighted by Gasteiger charge is 2.16. The summed E-state index contributed by atoms with van der Waals surface area (Å²) in [5.41, 5.74) is 1.57. The second kappa shape index (κ2) is 7.04. The van der Waals surface area contributed by atoms with E-state index in [-0.39, 0.29) is 11.6 Å². The van der Waals surface area contributed by atoms with Gasteiger partial charge in [0.05, 0.1) is 10.8 Å². The van der Waals surface area contributed by atoms with Crippen molar-refractivity contribution in [1.29, 1.82) is 0 Å². The highest BCUT2D eigenvalue weighted by atomic mass is 35.5. The Labute approximate surface area is 133 Å². The van der Waals surface area contributed by atoms with E-state index >= 15 is 0 Å². The van der Waals surface area contributed by atoms with E-state index in [1.54, 1.807) is 25.1 Å². The number of hydrogen-bond donors (Lipinski definition) is 1. The van der Waals surface area contributed by atoms with Gasteiger partial charge in [-0.2, -0.15) is 0 Å².